The van der Waals surface area contributed by atoms with E-state index >= 15 is 0 Å². The maximum absolute atomic E-state index is 14.6. The van der Waals surface area contributed by atoms with Gasteiger partial charge in [0.25, 0.3) is 0 Å². The van der Waals surface area contributed by atoms with Crippen molar-refractivity contribution in [2.75, 3.05) is 26.4 Å². The Balaban J connectivity index is 2.00. The van der Waals surface area contributed by atoms with Crippen LogP contribution in [0, 0.1) is 17.1 Å². The number of aliphatic imine (C=N–C) groups is 1. The minimum Gasteiger partial charge on any atom is -0.347 e. The lowest BCUT2D eigenvalue weighted by Crippen LogP contribution is -2.52. The highest BCUT2D eigenvalue weighted by molar-refractivity contribution is 8.13. The number of fused-ring (bicyclic) bond motifs is 1. The van der Waals surface area contributed by atoms with Crippen molar-refractivity contribution >= 4 is 28.5 Å². The Morgan fingerprint density at radius 1 is 1.43 bits per heavy atom. The van der Waals surface area contributed by atoms with Crippen molar-refractivity contribution in [1.82, 2.24) is 14.8 Å². The normalized spacial score (nSPS) is 19.7. The predicted molar refractivity (Wildman–Crippen MR) is 109 cm³/mol. The number of aromatic nitrogens is 1. The molecule has 0 aliphatic carbocycles. The third-order valence-corrected chi connectivity index (χ3v) is 5.78. The van der Waals surface area contributed by atoms with Crippen LogP contribution in [0.15, 0.2) is 22.8 Å². The Bertz CT molecular complexity index is 910. The van der Waals surface area contributed by atoms with Crippen LogP contribution in [0.4, 0.5) is 4.39 Å². The second-order valence-electron chi connectivity index (χ2n) is 8.15. The first-order valence-corrected chi connectivity index (χ1v) is 10.1. The van der Waals surface area contributed by atoms with Crippen molar-refractivity contribution in [3.63, 3.8) is 0 Å². The molecule has 3 heterocycles. The molecule has 0 spiro atoms. The van der Waals surface area contributed by atoms with E-state index in [2.05, 4.69) is 16.0 Å². The average molecular weight is 402 g/mol. The standard InChI is InChI=1S/C20H24FN5OS/c1-20(2,3)17-14(21)8-12(10-23-17)16-13(9-22)11-26-15(18(27)25(4)5)6-7-28-19(26)24-16/h8,10,15H,6-7,11H2,1-5H3. The molecule has 2 aliphatic heterocycles. The fraction of sp³-hybridized carbons (Fsp3) is 0.500. The first-order chi connectivity index (χ1) is 13.1. The van der Waals surface area contributed by atoms with Crippen LogP contribution < -0.4 is 0 Å². The van der Waals surface area contributed by atoms with Crippen LogP contribution in [-0.2, 0) is 10.2 Å². The van der Waals surface area contributed by atoms with Gasteiger partial charge in [0.1, 0.15) is 11.9 Å². The van der Waals surface area contributed by atoms with Gasteiger partial charge in [-0.05, 0) is 12.5 Å². The number of hydrogen-bond donors (Lipinski definition) is 0. The Labute approximate surface area is 169 Å². The molecule has 148 valence electrons. The summed E-state index contributed by atoms with van der Waals surface area (Å²) < 4.78 is 14.6. The zero-order chi connectivity index (χ0) is 20.6. The van der Waals surface area contributed by atoms with E-state index in [9.17, 15) is 14.4 Å². The van der Waals surface area contributed by atoms with Gasteiger partial charge in [0.15, 0.2) is 5.17 Å². The fourth-order valence-corrected chi connectivity index (χ4v) is 4.35. The summed E-state index contributed by atoms with van der Waals surface area (Å²) >= 11 is 1.55. The molecule has 0 aromatic carbocycles. The number of likely N-dealkylation sites (N-methyl/N-ethyl adjacent to an activating group) is 1. The lowest BCUT2D eigenvalue weighted by atomic mass is 9.90. The van der Waals surface area contributed by atoms with Crippen molar-refractivity contribution in [3.05, 3.63) is 34.9 Å². The quantitative estimate of drug-likeness (QED) is 0.762. The highest BCUT2D eigenvalue weighted by Crippen LogP contribution is 2.34. The van der Waals surface area contributed by atoms with E-state index in [0.29, 0.717) is 34.1 Å². The largest absolute Gasteiger partial charge is 0.347 e. The van der Waals surface area contributed by atoms with E-state index in [1.807, 2.05) is 25.7 Å². The Kier molecular flexibility index (Phi) is 5.48. The molecule has 0 radical (unpaired) electrons. The molecule has 1 saturated heterocycles. The number of hydrogen-bond acceptors (Lipinski definition) is 6. The fourth-order valence-electron chi connectivity index (χ4n) is 3.32. The van der Waals surface area contributed by atoms with Gasteiger partial charge in [-0.1, -0.05) is 32.5 Å². The summed E-state index contributed by atoms with van der Waals surface area (Å²) in [5.74, 6) is 0.356. The van der Waals surface area contributed by atoms with Crippen LogP contribution in [0.2, 0.25) is 0 Å². The van der Waals surface area contributed by atoms with Crippen LogP contribution in [0.1, 0.15) is 38.4 Å². The molecule has 0 N–H and O–H groups in total. The number of halogens is 1. The summed E-state index contributed by atoms with van der Waals surface area (Å²) in [5.41, 5.74) is 1.29. The summed E-state index contributed by atoms with van der Waals surface area (Å²) in [6, 6.07) is 3.25. The molecule has 6 nitrogen and oxygen atoms in total. The SMILES string of the molecule is CN(C)C(=O)C1CCSC2=NC(c3cnc(C(C)(C)C)c(F)c3)=C(C#N)CN21. The van der Waals surface area contributed by atoms with Crippen molar-refractivity contribution < 1.29 is 9.18 Å². The monoisotopic (exact) mass is 401 g/mol. The summed E-state index contributed by atoms with van der Waals surface area (Å²) in [4.78, 5) is 24.9. The van der Waals surface area contributed by atoms with Crippen LogP contribution in [0.3, 0.4) is 0 Å². The summed E-state index contributed by atoms with van der Waals surface area (Å²) in [6.07, 6.45) is 2.28. The third kappa shape index (κ3) is 3.76. The van der Waals surface area contributed by atoms with Gasteiger partial charge in [0.05, 0.1) is 29.6 Å². The zero-order valence-electron chi connectivity index (χ0n) is 16.8. The van der Waals surface area contributed by atoms with Crippen molar-refractivity contribution in [1.29, 1.82) is 5.26 Å². The van der Waals surface area contributed by atoms with Gasteiger partial charge < -0.3 is 9.80 Å². The Morgan fingerprint density at radius 3 is 2.71 bits per heavy atom. The number of pyridine rings is 1. The molecule has 1 amide bonds. The van der Waals surface area contributed by atoms with Crippen molar-refractivity contribution in [2.24, 2.45) is 4.99 Å². The maximum atomic E-state index is 14.6. The highest BCUT2D eigenvalue weighted by Gasteiger charge is 2.37. The maximum Gasteiger partial charge on any atom is 0.244 e. The van der Waals surface area contributed by atoms with Crippen LogP contribution in [0.25, 0.3) is 5.70 Å². The van der Waals surface area contributed by atoms with Gasteiger partial charge in [-0.15, -0.1) is 0 Å². The number of amides is 1. The smallest absolute Gasteiger partial charge is 0.244 e. The molecule has 1 unspecified atom stereocenters. The highest BCUT2D eigenvalue weighted by atomic mass is 32.2. The van der Waals surface area contributed by atoms with Crippen LogP contribution >= 0.6 is 11.8 Å². The molecule has 8 heteroatoms. The van der Waals surface area contributed by atoms with E-state index in [1.54, 1.807) is 37.0 Å². The molecule has 0 bridgehead atoms. The molecule has 1 aromatic heterocycles. The predicted octanol–water partition coefficient (Wildman–Crippen LogP) is 3.02. The van der Waals surface area contributed by atoms with E-state index in [1.165, 1.54) is 6.07 Å². The van der Waals surface area contributed by atoms with Gasteiger partial charge in [-0.25, -0.2) is 9.38 Å². The molecule has 0 saturated carbocycles. The van der Waals surface area contributed by atoms with Crippen molar-refractivity contribution in [3.8, 4) is 6.07 Å². The average Bonchev–Trinajstić information content (AvgIpc) is 2.64. The van der Waals surface area contributed by atoms with Crippen molar-refractivity contribution in [2.45, 2.75) is 38.6 Å². The molecular formula is C20H24FN5OS. The third-order valence-electron chi connectivity index (χ3n) is 4.75. The summed E-state index contributed by atoms with van der Waals surface area (Å²) in [6.45, 7) is 5.98. The number of rotatable bonds is 2. The Morgan fingerprint density at radius 2 is 2.14 bits per heavy atom. The molecule has 1 atom stereocenters. The van der Waals surface area contributed by atoms with Crippen LogP contribution in [-0.4, -0.2) is 58.3 Å². The van der Waals surface area contributed by atoms with E-state index in [4.69, 9.17) is 0 Å². The van der Waals surface area contributed by atoms with Gasteiger partial charge >= 0.3 is 0 Å². The number of nitriles is 1. The molecule has 1 fully saturated rings. The number of carbonyl (C=O) groups excluding carboxylic acids is 1. The lowest BCUT2D eigenvalue weighted by molar-refractivity contribution is -0.133. The Hall–Kier alpha value is -2.40. The number of carbonyl (C=O) groups is 1. The number of amidine groups is 1. The van der Waals surface area contributed by atoms with E-state index in [-0.39, 0.29) is 18.5 Å². The molecule has 28 heavy (non-hydrogen) atoms. The second-order valence-corrected chi connectivity index (χ2v) is 9.21. The minimum atomic E-state index is -0.413. The molecule has 1 aromatic rings. The van der Waals surface area contributed by atoms with E-state index in [0.717, 1.165) is 5.75 Å². The van der Waals surface area contributed by atoms with Gasteiger partial charge in [0.2, 0.25) is 5.91 Å². The first kappa shape index (κ1) is 20.3. The summed E-state index contributed by atoms with van der Waals surface area (Å²) in [7, 11) is 3.45. The molecule has 2 aliphatic rings. The summed E-state index contributed by atoms with van der Waals surface area (Å²) in [5, 5.41) is 10.4. The molecule has 3 rings (SSSR count). The molecular weight excluding hydrogens is 377 g/mol. The number of nitrogens with zero attached hydrogens (tertiary/aromatic N) is 5. The topological polar surface area (TPSA) is 72.6 Å². The lowest BCUT2D eigenvalue weighted by Gasteiger charge is -2.39. The number of thioether (sulfide) groups is 1. The second kappa shape index (κ2) is 7.55. The van der Waals surface area contributed by atoms with Gasteiger partial charge in [-0.3, -0.25) is 9.78 Å². The first-order valence-electron chi connectivity index (χ1n) is 9.12. The van der Waals surface area contributed by atoms with Crippen LogP contribution in [0.5, 0.6) is 0 Å². The van der Waals surface area contributed by atoms with Gasteiger partial charge in [-0.2, -0.15) is 5.26 Å². The zero-order valence-corrected chi connectivity index (χ0v) is 17.6. The van der Waals surface area contributed by atoms with Gasteiger partial charge in [0, 0.05) is 37.0 Å². The van der Waals surface area contributed by atoms with E-state index < -0.39 is 11.2 Å². The minimum absolute atomic E-state index is 0.00372.